The lowest BCUT2D eigenvalue weighted by Gasteiger charge is -2.23. The van der Waals surface area contributed by atoms with Gasteiger partial charge in [0, 0.05) is 12.6 Å². The van der Waals surface area contributed by atoms with Gasteiger partial charge in [0.2, 0.25) is 0 Å². The molecule has 3 unspecified atom stereocenters. The van der Waals surface area contributed by atoms with Crippen LogP contribution in [0.5, 0.6) is 0 Å². The summed E-state index contributed by atoms with van der Waals surface area (Å²) in [7, 11) is -10.1. The topological polar surface area (TPSA) is 338 Å². The highest BCUT2D eigenvalue weighted by Crippen LogP contribution is 2.50. The molecule has 2 aliphatic heterocycles. The number of carbonyl (C=O) groups is 1. The maximum atomic E-state index is 13.1. The van der Waals surface area contributed by atoms with E-state index in [1.807, 2.05) is 0 Å². The third-order valence-electron chi connectivity index (χ3n) is 6.79. The molecule has 9 N–H and O–H groups in total. The fourth-order valence-corrected chi connectivity index (χ4v) is 6.09. The number of phosphoric ester groups is 2. The van der Waals surface area contributed by atoms with E-state index in [9.17, 15) is 33.8 Å². The van der Waals surface area contributed by atoms with Crippen LogP contribution in [0.4, 0.5) is 11.6 Å². The van der Waals surface area contributed by atoms with Crippen LogP contribution in [0.3, 0.4) is 0 Å². The van der Waals surface area contributed by atoms with Crippen molar-refractivity contribution in [1.82, 2.24) is 29.1 Å². The number of hydrogen-bond acceptors (Lipinski definition) is 18. The van der Waals surface area contributed by atoms with E-state index in [-0.39, 0.29) is 29.2 Å². The third kappa shape index (κ3) is 7.57. The summed E-state index contributed by atoms with van der Waals surface area (Å²) in [6.45, 7) is -2.72. The zero-order valence-corrected chi connectivity index (χ0v) is 25.0. The number of esters is 1. The van der Waals surface area contributed by atoms with Gasteiger partial charge in [-0.05, 0) is 6.07 Å². The molecule has 3 aromatic heterocycles. The number of fused-ring (bicyclic) bond motifs is 1. The Hall–Kier alpha value is -3.44. The molecule has 2 saturated heterocycles. The van der Waals surface area contributed by atoms with Gasteiger partial charge >= 0.3 is 27.3 Å². The number of rotatable bonds is 12. The standard InChI is InChI=1S/C21H28N8O15P2/c22-12-1-2-28(21(33)27-12)13-3-9(10(41-13)5-39-45(34,35)36)44-46(37,38)40-6-11-17(43-14(31)4-30)16(32)20(42-11)29-8-26-15-18(23)24-7-25-19(15)29/h1-2,7-11,13,16-17,20,30,32H,3-6H2,(H,37,38)(H2,22,27,33)(H2,23,24,25)(H2,34,35,36)/t9-,10+,11?,13+,16+,17+,20?/m0/s1. The van der Waals surface area contributed by atoms with Crippen molar-refractivity contribution in [3.8, 4) is 0 Å². The number of phosphoric acid groups is 2. The molecule has 252 valence electrons. The maximum absolute atomic E-state index is 13.1. The van der Waals surface area contributed by atoms with Gasteiger partial charge in [-0.2, -0.15) is 4.98 Å². The van der Waals surface area contributed by atoms with Crippen LogP contribution >= 0.6 is 15.6 Å². The Bertz CT molecular complexity index is 1730. The summed E-state index contributed by atoms with van der Waals surface area (Å²) in [4.78, 5) is 68.6. The van der Waals surface area contributed by atoms with Crippen molar-refractivity contribution >= 4 is 44.4 Å². The predicted molar refractivity (Wildman–Crippen MR) is 147 cm³/mol. The number of nitrogens with two attached hydrogens (primary N) is 2. The molecule has 0 spiro atoms. The molecule has 0 bridgehead atoms. The Balaban J connectivity index is 1.32. The van der Waals surface area contributed by atoms with E-state index < -0.39 is 90.1 Å². The smallest absolute Gasteiger partial charge is 0.455 e. The normalized spacial score (nSPS) is 28.0. The van der Waals surface area contributed by atoms with Gasteiger partial charge in [0.05, 0.1) is 19.5 Å². The molecule has 5 heterocycles. The molecule has 5 rings (SSSR count). The number of aromatic nitrogens is 6. The molecule has 0 amide bonds. The molecule has 46 heavy (non-hydrogen) atoms. The zero-order valence-electron chi connectivity index (χ0n) is 23.2. The third-order valence-corrected chi connectivity index (χ3v) is 8.29. The summed E-state index contributed by atoms with van der Waals surface area (Å²) >= 11 is 0. The molecular formula is C21H28N8O15P2. The predicted octanol–water partition coefficient (Wildman–Crippen LogP) is -2.69. The van der Waals surface area contributed by atoms with Crippen LogP contribution in [0.25, 0.3) is 11.2 Å². The SMILES string of the molecule is Nc1ccn([C@H]2C[C@H](OP(=O)(O)OCC3OC(n4cnc5c(N)ncnc54)[C@H](O)[C@@H]3OC(=O)CO)[C@@H](COP(=O)(O)O)O2)c(=O)n1. The van der Waals surface area contributed by atoms with Gasteiger partial charge in [-0.15, -0.1) is 0 Å². The van der Waals surface area contributed by atoms with Gasteiger partial charge in [0.15, 0.2) is 23.8 Å². The van der Waals surface area contributed by atoms with Gasteiger partial charge in [0.25, 0.3) is 0 Å². The average molecular weight is 694 g/mol. The Labute approximate surface area is 256 Å². The molecule has 0 saturated carbocycles. The lowest BCUT2D eigenvalue weighted by atomic mass is 10.1. The van der Waals surface area contributed by atoms with E-state index in [0.29, 0.717) is 0 Å². The molecule has 25 heteroatoms. The maximum Gasteiger partial charge on any atom is 0.472 e. The Morgan fingerprint density at radius 2 is 1.80 bits per heavy atom. The number of carbonyl (C=O) groups excluding carboxylic acids is 1. The van der Waals surface area contributed by atoms with E-state index in [0.717, 1.165) is 10.9 Å². The van der Waals surface area contributed by atoms with Gasteiger partial charge in [-0.25, -0.2) is 33.7 Å². The Kier molecular flexibility index (Phi) is 9.84. The fourth-order valence-electron chi connectivity index (χ4n) is 4.79. The van der Waals surface area contributed by atoms with Crippen molar-refractivity contribution in [3.63, 3.8) is 0 Å². The highest BCUT2D eigenvalue weighted by atomic mass is 31.2. The van der Waals surface area contributed by atoms with Crippen LogP contribution in [0.2, 0.25) is 0 Å². The molecule has 3 aromatic rings. The van der Waals surface area contributed by atoms with Gasteiger partial charge in [-0.1, -0.05) is 0 Å². The molecule has 2 fully saturated rings. The minimum Gasteiger partial charge on any atom is -0.455 e. The van der Waals surface area contributed by atoms with Crippen molar-refractivity contribution in [3.05, 3.63) is 35.4 Å². The van der Waals surface area contributed by atoms with E-state index in [1.165, 1.54) is 23.2 Å². The average Bonchev–Trinajstić information content (AvgIpc) is 3.66. The van der Waals surface area contributed by atoms with E-state index in [2.05, 4.69) is 24.5 Å². The summed E-state index contributed by atoms with van der Waals surface area (Å²) in [6, 6.07) is 1.28. The van der Waals surface area contributed by atoms with Crippen LogP contribution in [0, 0.1) is 0 Å². The summed E-state index contributed by atoms with van der Waals surface area (Å²) in [5, 5.41) is 20.2. The monoisotopic (exact) mass is 694 g/mol. The molecular weight excluding hydrogens is 666 g/mol. The van der Waals surface area contributed by atoms with Crippen LogP contribution < -0.4 is 17.2 Å². The highest BCUT2D eigenvalue weighted by Gasteiger charge is 2.49. The largest absolute Gasteiger partial charge is 0.472 e. The highest BCUT2D eigenvalue weighted by molar-refractivity contribution is 7.47. The summed E-state index contributed by atoms with van der Waals surface area (Å²) < 4.78 is 57.9. The summed E-state index contributed by atoms with van der Waals surface area (Å²) in [5.74, 6) is -1.22. The number of imidazole rings is 1. The first kappa shape index (κ1) is 33.9. The van der Waals surface area contributed by atoms with Crippen molar-refractivity contribution in [2.75, 3.05) is 31.3 Å². The van der Waals surface area contributed by atoms with Gasteiger partial charge in [-0.3, -0.25) is 22.7 Å². The molecule has 2 aliphatic rings. The van der Waals surface area contributed by atoms with Gasteiger partial charge in [0.1, 0.15) is 54.9 Å². The zero-order chi connectivity index (χ0) is 33.4. The minimum atomic E-state index is -5.11. The minimum absolute atomic E-state index is 0.0258. The summed E-state index contributed by atoms with van der Waals surface area (Å²) in [5.41, 5.74) is 10.8. The fraction of sp³-hybridized carbons (Fsp3) is 0.524. The number of ether oxygens (including phenoxy) is 3. The van der Waals surface area contributed by atoms with Gasteiger partial charge < -0.3 is 50.6 Å². The Morgan fingerprint density at radius 1 is 1.07 bits per heavy atom. The van der Waals surface area contributed by atoms with E-state index >= 15 is 0 Å². The van der Waals surface area contributed by atoms with Crippen molar-refractivity contribution in [1.29, 1.82) is 0 Å². The van der Waals surface area contributed by atoms with Crippen LogP contribution in [-0.2, 0) is 41.7 Å². The number of aliphatic hydroxyl groups excluding tert-OH is 2. The molecule has 0 aliphatic carbocycles. The number of anilines is 2. The summed E-state index contributed by atoms with van der Waals surface area (Å²) in [6.07, 6.45) is -6.72. The van der Waals surface area contributed by atoms with Crippen molar-refractivity contribution in [2.24, 2.45) is 0 Å². The first-order chi connectivity index (χ1) is 21.7. The lowest BCUT2D eigenvalue weighted by molar-refractivity contribution is -0.159. The second kappa shape index (κ2) is 13.4. The Morgan fingerprint density at radius 3 is 2.50 bits per heavy atom. The van der Waals surface area contributed by atoms with Crippen LogP contribution in [-0.4, -0.2) is 110 Å². The second-order valence-corrected chi connectivity index (χ2v) is 12.5. The van der Waals surface area contributed by atoms with Crippen LogP contribution in [0.1, 0.15) is 18.9 Å². The number of aliphatic hydroxyl groups is 2. The molecule has 0 aromatic carbocycles. The second-order valence-electron chi connectivity index (χ2n) is 9.85. The van der Waals surface area contributed by atoms with E-state index in [4.69, 9.17) is 44.5 Å². The molecule has 0 radical (unpaired) electrons. The quantitative estimate of drug-likeness (QED) is 0.0749. The lowest BCUT2D eigenvalue weighted by Crippen LogP contribution is -2.39. The first-order valence-electron chi connectivity index (χ1n) is 13.1. The number of nitrogen functional groups attached to an aromatic ring is 2. The van der Waals surface area contributed by atoms with Crippen molar-refractivity contribution < 1.29 is 66.6 Å². The molecule has 23 nitrogen and oxygen atoms in total. The van der Waals surface area contributed by atoms with E-state index in [1.54, 1.807) is 0 Å². The van der Waals surface area contributed by atoms with Crippen LogP contribution in [0.15, 0.2) is 29.7 Å². The first-order valence-corrected chi connectivity index (χ1v) is 16.1. The van der Waals surface area contributed by atoms with Crippen molar-refractivity contribution in [2.45, 2.75) is 49.4 Å². The number of nitrogens with zero attached hydrogens (tertiary/aromatic N) is 6. The number of hydrogen-bond donors (Lipinski definition) is 7. The molecule has 8 atom stereocenters.